The van der Waals surface area contributed by atoms with Crippen LogP contribution in [0.3, 0.4) is 0 Å². The van der Waals surface area contributed by atoms with Crippen LogP contribution in [-0.2, 0) is 29.1 Å². The van der Waals surface area contributed by atoms with E-state index in [-0.39, 0.29) is 60.9 Å². The number of carbonyl (C=O) groups is 2. The van der Waals surface area contributed by atoms with Gasteiger partial charge >= 0.3 is 5.56 Å². The molecule has 1 aliphatic heterocycles. The summed E-state index contributed by atoms with van der Waals surface area (Å²) < 4.78 is 28.4. The van der Waals surface area contributed by atoms with Crippen molar-refractivity contribution in [2.45, 2.75) is 32.6 Å². The van der Waals surface area contributed by atoms with Gasteiger partial charge in [0.05, 0.1) is 13.1 Å². The first-order valence-corrected chi connectivity index (χ1v) is 14.9. The van der Waals surface area contributed by atoms with Crippen LogP contribution in [0.4, 0.5) is 4.39 Å². The van der Waals surface area contributed by atoms with Gasteiger partial charge in [0.1, 0.15) is 35.8 Å². The Kier molecular flexibility index (Phi) is 8.18. The van der Waals surface area contributed by atoms with E-state index in [1.165, 1.54) is 27.9 Å². The third-order valence-electron chi connectivity index (χ3n) is 7.26. The van der Waals surface area contributed by atoms with E-state index in [0.717, 1.165) is 16.5 Å². The van der Waals surface area contributed by atoms with Crippen molar-refractivity contribution in [3.63, 3.8) is 0 Å². The molecule has 230 valence electrons. The summed E-state index contributed by atoms with van der Waals surface area (Å²) in [4.78, 5) is 50.7. The molecule has 0 radical (unpaired) electrons. The SMILES string of the molecule is C=C1CN(C(=O)Cn2ccn3c(=O)c(OCc4ccccc4)c(-c4ncc(Cc5ccc(F)cc5C(N)=O)s4)nc23)CC(C)O1. The van der Waals surface area contributed by atoms with E-state index in [1.807, 2.05) is 37.3 Å². The summed E-state index contributed by atoms with van der Waals surface area (Å²) in [7, 11) is 0. The standard InChI is InChI=1S/C32H29FN6O5S/c1-19-15-38(16-20(2)44-19)26(40)17-37-10-11-39-31(42)28(43-18-21-6-4-3-5-7-21)27(36-32(37)39)30-35-14-24(45-30)12-22-8-9-23(33)13-25(22)29(34)41/h3-11,13-14,20H,1,12,15-18H2,2H3,(H2,34,41). The summed E-state index contributed by atoms with van der Waals surface area (Å²) >= 11 is 1.25. The molecule has 4 heterocycles. The van der Waals surface area contributed by atoms with Gasteiger partial charge in [0.25, 0.3) is 0 Å². The number of aromatic nitrogens is 4. The fourth-order valence-corrected chi connectivity index (χ4v) is 6.11. The van der Waals surface area contributed by atoms with Crippen molar-refractivity contribution in [2.75, 3.05) is 13.1 Å². The zero-order valence-electron chi connectivity index (χ0n) is 24.3. The number of thiazole rings is 1. The van der Waals surface area contributed by atoms with E-state index in [0.29, 0.717) is 22.9 Å². The minimum atomic E-state index is -0.739. The predicted octanol–water partition coefficient (Wildman–Crippen LogP) is 3.79. The van der Waals surface area contributed by atoms with E-state index < -0.39 is 17.3 Å². The molecule has 1 atom stereocenters. The molecule has 45 heavy (non-hydrogen) atoms. The van der Waals surface area contributed by atoms with Gasteiger partial charge in [-0.15, -0.1) is 11.3 Å². The van der Waals surface area contributed by atoms with Crippen LogP contribution in [0.2, 0.25) is 0 Å². The molecular weight excluding hydrogens is 599 g/mol. The first kappa shape index (κ1) is 29.8. The van der Waals surface area contributed by atoms with Crippen molar-refractivity contribution in [3.8, 4) is 16.5 Å². The molecule has 1 aliphatic rings. The Morgan fingerprint density at radius 3 is 2.76 bits per heavy atom. The van der Waals surface area contributed by atoms with Crippen LogP contribution < -0.4 is 16.0 Å². The molecule has 0 bridgehead atoms. The van der Waals surface area contributed by atoms with E-state index in [9.17, 15) is 18.8 Å². The number of nitrogens with two attached hydrogens (primary N) is 1. The van der Waals surface area contributed by atoms with Gasteiger partial charge in [-0.25, -0.2) is 18.8 Å². The van der Waals surface area contributed by atoms with Crippen LogP contribution in [0.5, 0.6) is 5.75 Å². The number of rotatable bonds is 9. The third kappa shape index (κ3) is 6.34. The Bertz CT molecular complexity index is 1990. The van der Waals surface area contributed by atoms with E-state index >= 15 is 0 Å². The van der Waals surface area contributed by atoms with Gasteiger partial charge in [-0.05, 0) is 30.2 Å². The van der Waals surface area contributed by atoms with Gasteiger partial charge in [-0.3, -0.25) is 14.4 Å². The normalized spacial score (nSPS) is 14.8. The van der Waals surface area contributed by atoms with E-state index in [1.54, 1.807) is 28.1 Å². The van der Waals surface area contributed by atoms with Crippen molar-refractivity contribution in [3.05, 3.63) is 117 Å². The molecule has 0 saturated carbocycles. The molecule has 2 aromatic carbocycles. The Morgan fingerprint density at radius 1 is 1.20 bits per heavy atom. The Hall–Kier alpha value is -5.30. The minimum Gasteiger partial charge on any atom is -0.492 e. The summed E-state index contributed by atoms with van der Waals surface area (Å²) in [5, 5.41) is 0.396. The van der Waals surface area contributed by atoms with Gasteiger partial charge in [-0.1, -0.05) is 43.0 Å². The molecule has 5 aromatic rings. The van der Waals surface area contributed by atoms with Crippen LogP contribution in [0, 0.1) is 5.82 Å². The molecule has 13 heteroatoms. The van der Waals surface area contributed by atoms with Crippen LogP contribution in [0.15, 0.2) is 84.3 Å². The highest BCUT2D eigenvalue weighted by Crippen LogP contribution is 2.32. The maximum Gasteiger partial charge on any atom is 0.302 e. The average molecular weight is 629 g/mol. The lowest BCUT2D eigenvalue weighted by Crippen LogP contribution is -2.44. The number of primary amides is 1. The Balaban J connectivity index is 1.37. The van der Waals surface area contributed by atoms with Gasteiger partial charge < -0.3 is 24.7 Å². The molecule has 0 aliphatic carbocycles. The van der Waals surface area contributed by atoms with Gasteiger partial charge in [0.2, 0.25) is 23.3 Å². The van der Waals surface area contributed by atoms with E-state index in [4.69, 9.17) is 20.2 Å². The number of halogens is 1. The molecule has 0 spiro atoms. The first-order chi connectivity index (χ1) is 21.7. The monoisotopic (exact) mass is 628 g/mol. The lowest BCUT2D eigenvalue weighted by molar-refractivity contribution is -0.135. The van der Waals surface area contributed by atoms with Gasteiger partial charge in [0.15, 0.2) is 5.69 Å². The Morgan fingerprint density at radius 2 is 2.00 bits per heavy atom. The highest BCUT2D eigenvalue weighted by atomic mass is 32.1. The predicted molar refractivity (Wildman–Crippen MR) is 165 cm³/mol. The number of hydrogen-bond acceptors (Lipinski definition) is 8. The van der Waals surface area contributed by atoms with Gasteiger partial charge in [0, 0.05) is 35.5 Å². The average Bonchev–Trinajstić information content (AvgIpc) is 3.64. The van der Waals surface area contributed by atoms with Crippen molar-refractivity contribution in [2.24, 2.45) is 5.73 Å². The smallest absolute Gasteiger partial charge is 0.302 e. The largest absolute Gasteiger partial charge is 0.492 e. The number of ether oxygens (including phenoxy) is 2. The molecule has 2 N–H and O–H groups in total. The zero-order chi connectivity index (χ0) is 31.7. The van der Waals surface area contributed by atoms with Crippen molar-refractivity contribution >= 4 is 28.9 Å². The second-order valence-electron chi connectivity index (χ2n) is 10.7. The van der Waals surface area contributed by atoms with Crippen molar-refractivity contribution < 1.29 is 23.5 Å². The molecule has 2 amide bonds. The minimum absolute atomic E-state index is 0.000704. The van der Waals surface area contributed by atoms with Crippen LogP contribution in [0.1, 0.15) is 33.3 Å². The fourth-order valence-electron chi connectivity index (χ4n) is 5.19. The Labute approximate surface area is 261 Å². The molecule has 1 unspecified atom stereocenters. The number of benzene rings is 2. The van der Waals surface area contributed by atoms with Crippen LogP contribution >= 0.6 is 11.3 Å². The lowest BCUT2D eigenvalue weighted by atomic mass is 10.0. The second-order valence-corrected chi connectivity index (χ2v) is 11.8. The highest BCUT2D eigenvalue weighted by molar-refractivity contribution is 7.15. The topological polar surface area (TPSA) is 134 Å². The number of imidazole rings is 1. The first-order valence-electron chi connectivity index (χ1n) is 14.1. The summed E-state index contributed by atoms with van der Waals surface area (Å²) in [6.45, 7) is 6.48. The van der Waals surface area contributed by atoms with E-state index in [2.05, 4.69) is 11.6 Å². The molecule has 1 saturated heterocycles. The summed E-state index contributed by atoms with van der Waals surface area (Å²) in [6, 6.07) is 13.3. The molecule has 6 rings (SSSR count). The van der Waals surface area contributed by atoms with Crippen molar-refractivity contribution in [1.82, 2.24) is 23.8 Å². The third-order valence-corrected chi connectivity index (χ3v) is 8.27. The number of morpholine rings is 1. The molecule has 11 nitrogen and oxygen atoms in total. The molecule has 3 aromatic heterocycles. The number of nitrogens with zero attached hydrogens (tertiary/aromatic N) is 5. The van der Waals surface area contributed by atoms with Crippen LogP contribution in [-0.4, -0.2) is 54.8 Å². The number of fused-ring (bicyclic) bond motifs is 1. The fraction of sp³-hybridized carbons (Fsp3) is 0.219. The number of hydrogen-bond donors (Lipinski definition) is 1. The molecule has 1 fully saturated rings. The summed E-state index contributed by atoms with van der Waals surface area (Å²) in [6.07, 6.45) is 4.85. The number of amides is 2. The summed E-state index contributed by atoms with van der Waals surface area (Å²) in [5.41, 5.74) is 6.70. The van der Waals surface area contributed by atoms with Gasteiger partial charge in [-0.2, -0.15) is 0 Å². The quantitative estimate of drug-likeness (QED) is 0.263. The second kappa shape index (κ2) is 12.4. The zero-order valence-corrected chi connectivity index (χ0v) is 25.1. The lowest BCUT2D eigenvalue weighted by Gasteiger charge is -2.33. The maximum atomic E-state index is 13.8. The number of carbonyl (C=O) groups excluding carboxylic acids is 2. The summed E-state index contributed by atoms with van der Waals surface area (Å²) in [5.74, 6) is -0.728. The molecular formula is C32H29FN6O5S. The van der Waals surface area contributed by atoms with Crippen LogP contribution in [0.25, 0.3) is 16.5 Å². The van der Waals surface area contributed by atoms with Crippen molar-refractivity contribution in [1.29, 1.82) is 0 Å². The highest BCUT2D eigenvalue weighted by Gasteiger charge is 2.26. The maximum absolute atomic E-state index is 13.8.